The van der Waals surface area contributed by atoms with Crippen molar-refractivity contribution < 1.29 is 14.0 Å². The second kappa shape index (κ2) is 7.72. The summed E-state index contributed by atoms with van der Waals surface area (Å²) in [6.45, 7) is 2.76. The lowest BCUT2D eigenvalue weighted by molar-refractivity contribution is -0.134. The average molecular weight is 395 g/mol. The SMILES string of the molecule is Cc1ccc(CN(C)C(=O)C2CCCN2C(=O)c2cc(Cl)cc(Cl)c2)o1. The number of carbonyl (C=O) groups excluding carboxylic acids is 2. The van der Waals surface area contributed by atoms with Crippen molar-refractivity contribution in [3.05, 3.63) is 57.5 Å². The molecule has 3 rings (SSSR count). The number of likely N-dealkylation sites (N-methyl/N-ethyl adjacent to an activating group) is 1. The van der Waals surface area contributed by atoms with Crippen LogP contribution >= 0.6 is 23.2 Å². The Morgan fingerprint density at radius 3 is 2.54 bits per heavy atom. The van der Waals surface area contributed by atoms with Crippen LogP contribution in [0.5, 0.6) is 0 Å². The Bertz CT molecular complexity index is 814. The number of amides is 2. The normalized spacial score (nSPS) is 16.8. The molecular weight excluding hydrogens is 375 g/mol. The van der Waals surface area contributed by atoms with Gasteiger partial charge in [-0.05, 0) is 50.1 Å². The van der Waals surface area contributed by atoms with E-state index >= 15 is 0 Å². The van der Waals surface area contributed by atoms with E-state index in [1.807, 2.05) is 19.1 Å². The van der Waals surface area contributed by atoms with Crippen LogP contribution in [0.4, 0.5) is 0 Å². The fraction of sp³-hybridized carbons (Fsp3) is 0.368. The highest BCUT2D eigenvalue weighted by atomic mass is 35.5. The first-order chi connectivity index (χ1) is 12.3. The Kier molecular flexibility index (Phi) is 5.58. The molecular formula is C19H20Cl2N2O3. The molecule has 1 aromatic carbocycles. The van der Waals surface area contributed by atoms with Gasteiger partial charge in [-0.15, -0.1) is 0 Å². The van der Waals surface area contributed by atoms with Gasteiger partial charge in [-0.3, -0.25) is 9.59 Å². The lowest BCUT2D eigenvalue weighted by Crippen LogP contribution is -2.46. The van der Waals surface area contributed by atoms with Gasteiger partial charge in [-0.25, -0.2) is 0 Å². The highest BCUT2D eigenvalue weighted by molar-refractivity contribution is 6.35. The Labute approximate surface area is 162 Å². The molecule has 2 heterocycles. The van der Waals surface area contributed by atoms with Gasteiger partial charge >= 0.3 is 0 Å². The molecule has 1 aliphatic rings. The predicted molar refractivity (Wildman–Crippen MR) is 100 cm³/mol. The molecule has 1 unspecified atom stereocenters. The lowest BCUT2D eigenvalue weighted by Gasteiger charge is -2.28. The van der Waals surface area contributed by atoms with E-state index < -0.39 is 6.04 Å². The van der Waals surface area contributed by atoms with Gasteiger partial charge in [-0.1, -0.05) is 23.2 Å². The van der Waals surface area contributed by atoms with E-state index in [1.165, 1.54) is 0 Å². The van der Waals surface area contributed by atoms with Crippen molar-refractivity contribution in [1.29, 1.82) is 0 Å². The molecule has 0 N–H and O–H groups in total. The monoisotopic (exact) mass is 394 g/mol. The molecule has 2 amide bonds. The summed E-state index contributed by atoms with van der Waals surface area (Å²) in [6, 6.07) is 7.95. The number of aryl methyl sites for hydroxylation is 1. The quantitative estimate of drug-likeness (QED) is 0.781. The van der Waals surface area contributed by atoms with Crippen molar-refractivity contribution in [2.45, 2.75) is 32.4 Å². The number of hydrogen-bond donors (Lipinski definition) is 0. The van der Waals surface area contributed by atoms with Crippen LogP contribution in [0.2, 0.25) is 10.0 Å². The Hall–Kier alpha value is -1.98. The maximum atomic E-state index is 12.9. The van der Waals surface area contributed by atoms with Gasteiger partial charge in [0, 0.05) is 29.2 Å². The summed E-state index contributed by atoms with van der Waals surface area (Å²) in [7, 11) is 1.72. The molecule has 7 heteroatoms. The summed E-state index contributed by atoms with van der Waals surface area (Å²) in [5, 5.41) is 0.793. The van der Waals surface area contributed by atoms with Crippen LogP contribution in [0.1, 0.15) is 34.7 Å². The fourth-order valence-corrected chi connectivity index (χ4v) is 3.77. The van der Waals surface area contributed by atoms with Gasteiger partial charge in [0.05, 0.1) is 6.54 Å². The van der Waals surface area contributed by atoms with E-state index in [0.717, 1.165) is 17.9 Å². The van der Waals surface area contributed by atoms with Crippen LogP contribution in [0.3, 0.4) is 0 Å². The van der Waals surface area contributed by atoms with Crippen LogP contribution in [0.15, 0.2) is 34.7 Å². The van der Waals surface area contributed by atoms with Crippen molar-refractivity contribution >= 4 is 35.0 Å². The zero-order chi connectivity index (χ0) is 18.8. The van der Waals surface area contributed by atoms with E-state index in [1.54, 1.807) is 35.0 Å². The molecule has 1 aromatic heterocycles. The number of furan rings is 1. The largest absolute Gasteiger partial charge is 0.464 e. The number of likely N-dealkylation sites (tertiary alicyclic amines) is 1. The summed E-state index contributed by atoms with van der Waals surface area (Å²) in [4.78, 5) is 28.9. The molecule has 138 valence electrons. The third-order valence-electron chi connectivity index (χ3n) is 4.47. The molecule has 26 heavy (non-hydrogen) atoms. The molecule has 1 aliphatic heterocycles. The molecule has 2 aromatic rings. The first kappa shape index (κ1) is 18.8. The van der Waals surface area contributed by atoms with Crippen LogP contribution in [0.25, 0.3) is 0 Å². The van der Waals surface area contributed by atoms with E-state index in [4.69, 9.17) is 27.6 Å². The number of nitrogens with zero attached hydrogens (tertiary/aromatic N) is 2. The van der Waals surface area contributed by atoms with Gasteiger partial charge in [0.1, 0.15) is 17.6 Å². The second-order valence-electron chi connectivity index (χ2n) is 6.52. The molecule has 5 nitrogen and oxygen atoms in total. The number of rotatable bonds is 4. The first-order valence-corrected chi connectivity index (χ1v) is 9.18. The van der Waals surface area contributed by atoms with Crippen molar-refractivity contribution in [3.8, 4) is 0 Å². The van der Waals surface area contributed by atoms with Crippen molar-refractivity contribution in [1.82, 2.24) is 9.80 Å². The predicted octanol–water partition coefficient (Wildman–Crippen LogP) is 4.16. The second-order valence-corrected chi connectivity index (χ2v) is 7.39. The van der Waals surface area contributed by atoms with Gasteiger partial charge in [0.2, 0.25) is 5.91 Å². The molecule has 0 spiro atoms. The molecule has 1 atom stereocenters. The van der Waals surface area contributed by atoms with Crippen LogP contribution in [-0.4, -0.2) is 41.2 Å². The van der Waals surface area contributed by atoms with E-state index in [2.05, 4.69) is 0 Å². The minimum Gasteiger partial charge on any atom is -0.464 e. The smallest absolute Gasteiger partial charge is 0.254 e. The first-order valence-electron chi connectivity index (χ1n) is 8.42. The Morgan fingerprint density at radius 1 is 1.23 bits per heavy atom. The summed E-state index contributed by atoms with van der Waals surface area (Å²) in [6.07, 6.45) is 1.42. The third-order valence-corrected chi connectivity index (χ3v) is 4.91. The van der Waals surface area contributed by atoms with Crippen molar-refractivity contribution in [2.75, 3.05) is 13.6 Å². The molecule has 1 fully saturated rings. The van der Waals surface area contributed by atoms with Gasteiger partial charge in [0.25, 0.3) is 5.91 Å². The maximum Gasteiger partial charge on any atom is 0.254 e. The molecule has 0 bridgehead atoms. The van der Waals surface area contributed by atoms with E-state index in [-0.39, 0.29) is 11.8 Å². The number of halogens is 2. The molecule has 0 saturated carbocycles. The van der Waals surface area contributed by atoms with E-state index in [9.17, 15) is 9.59 Å². The molecule has 0 aliphatic carbocycles. The van der Waals surface area contributed by atoms with Gasteiger partial charge in [-0.2, -0.15) is 0 Å². The number of benzene rings is 1. The lowest BCUT2D eigenvalue weighted by atomic mass is 10.1. The minimum atomic E-state index is -0.485. The summed E-state index contributed by atoms with van der Waals surface area (Å²) in [5.41, 5.74) is 0.395. The fourth-order valence-electron chi connectivity index (χ4n) is 3.25. The average Bonchev–Trinajstić information content (AvgIpc) is 3.21. The standard InChI is InChI=1S/C19H20Cl2N2O3/c1-12-5-6-16(26-12)11-22(2)19(25)17-4-3-7-23(17)18(24)13-8-14(20)10-15(21)9-13/h5-6,8-10,17H,3-4,7,11H2,1-2H3. The molecule has 1 saturated heterocycles. The highest BCUT2D eigenvalue weighted by Gasteiger charge is 2.36. The Balaban J connectivity index is 1.74. The molecule has 0 radical (unpaired) electrons. The van der Waals surface area contributed by atoms with E-state index in [0.29, 0.717) is 35.1 Å². The van der Waals surface area contributed by atoms with Gasteiger partial charge in [0.15, 0.2) is 0 Å². The van der Waals surface area contributed by atoms with Crippen LogP contribution in [-0.2, 0) is 11.3 Å². The van der Waals surface area contributed by atoms with Crippen LogP contribution < -0.4 is 0 Å². The zero-order valence-corrected chi connectivity index (χ0v) is 16.2. The summed E-state index contributed by atoms with van der Waals surface area (Å²) < 4.78 is 5.53. The summed E-state index contributed by atoms with van der Waals surface area (Å²) in [5.74, 6) is 1.19. The maximum absolute atomic E-state index is 12.9. The number of hydrogen-bond acceptors (Lipinski definition) is 3. The van der Waals surface area contributed by atoms with Crippen LogP contribution in [0, 0.1) is 6.92 Å². The topological polar surface area (TPSA) is 53.8 Å². The minimum absolute atomic E-state index is 0.0990. The van der Waals surface area contributed by atoms with Crippen molar-refractivity contribution in [2.24, 2.45) is 0 Å². The van der Waals surface area contributed by atoms with Gasteiger partial charge < -0.3 is 14.2 Å². The summed E-state index contributed by atoms with van der Waals surface area (Å²) >= 11 is 12.0. The third kappa shape index (κ3) is 4.05. The number of carbonyl (C=O) groups is 2. The Morgan fingerprint density at radius 2 is 1.92 bits per heavy atom. The highest BCUT2D eigenvalue weighted by Crippen LogP contribution is 2.25. The van der Waals surface area contributed by atoms with Crippen molar-refractivity contribution in [3.63, 3.8) is 0 Å². The zero-order valence-electron chi connectivity index (χ0n) is 14.7.